The Bertz CT molecular complexity index is 267. The zero-order valence-electron chi connectivity index (χ0n) is 12.2. The van der Waals surface area contributed by atoms with Gasteiger partial charge < -0.3 is 15.4 Å². The highest BCUT2D eigenvalue weighted by atomic mass is 16.5. The first-order valence-electron chi connectivity index (χ1n) is 6.98. The smallest absolute Gasteiger partial charge is 0.315 e. The molecule has 0 heterocycles. The molecule has 0 aromatic heterocycles. The van der Waals surface area contributed by atoms with Crippen molar-refractivity contribution in [3.63, 3.8) is 0 Å². The maximum atomic E-state index is 11.8. The van der Waals surface area contributed by atoms with Gasteiger partial charge in [0.15, 0.2) is 0 Å². The number of amides is 2. The van der Waals surface area contributed by atoms with E-state index >= 15 is 0 Å². The predicted octanol–water partition coefficient (Wildman–Crippen LogP) is 2.54. The van der Waals surface area contributed by atoms with Crippen molar-refractivity contribution in [3.8, 4) is 0 Å². The van der Waals surface area contributed by atoms with Crippen LogP contribution in [0.5, 0.6) is 0 Å². The van der Waals surface area contributed by atoms with Gasteiger partial charge in [-0.25, -0.2) is 4.79 Å². The third kappa shape index (κ3) is 5.25. The van der Waals surface area contributed by atoms with Gasteiger partial charge in [-0.2, -0.15) is 0 Å². The highest BCUT2D eigenvalue weighted by molar-refractivity contribution is 5.74. The van der Waals surface area contributed by atoms with Gasteiger partial charge in [0.2, 0.25) is 0 Å². The summed E-state index contributed by atoms with van der Waals surface area (Å²) in [5, 5.41) is 6.05. The molecule has 2 N–H and O–H groups in total. The van der Waals surface area contributed by atoms with E-state index in [1.807, 2.05) is 0 Å². The second-order valence-electron chi connectivity index (χ2n) is 6.25. The van der Waals surface area contributed by atoms with Gasteiger partial charge in [0.25, 0.3) is 0 Å². The van der Waals surface area contributed by atoms with E-state index in [4.69, 9.17) is 4.74 Å². The molecule has 106 valence electrons. The van der Waals surface area contributed by atoms with Gasteiger partial charge in [-0.3, -0.25) is 0 Å². The monoisotopic (exact) mass is 256 g/mol. The van der Waals surface area contributed by atoms with Crippen LogP contribution in [-0.2, 0) is 4.74 Å². The van der Waals surface area contributed by atoms with Crippen molar-refractivity contribution in [2.24, 2.45) is 11.3 Å². The minimum atomic E-state index is -0.0285. The van der Waals surface area contributed by atoms with Crippen molar-refractivity contribution in [1.29, 1.82) is 0 Å². The standard InChI is InChI=1S/C14H28N2O2/c1-11-6-5-7-12(11)16-13(17)15-10-14(2,3)8-9-18-4/h11-12H,5-10H2,1-4H3,(H2,15,16,17)/t11-,12+/m0/s1. The molecule has 18 heavy (non-hydrogen) atoms. The van der Waals surface area contributed by atoms with E-state index in [0.29, 0.717) is 18.5 Å². The first kappa shape index (κ1) is 15.3. The van der Waals surface area contributed by atoms with Crippen LogP contribution >= 0.6 is 0 Å². The van der Waals surface area contributed by atoms with Gasteiger partial charge in [0.1, 0.15) is 0 Å². The summed E-state index contributed by atoms with van der Waals surface area (Å²) in [6, 6.07) is 0.325. The number of urea groups is 1. The Balaban J connectivity index is 2.23. The van der Waals surface area contributed by atoms with Crippen LogP contribution in [0, 0.1) is 11.3 Å². The number of methoxy groups -OCH3 is 1. The normalized spacial score (nSPS) is 24.0. The Hall–Kier alpha value is -0.770. The second kappa shape index (κ2) is 6.98. The highest BCUT2D eigenvalue weighted by Gasteiger charge is 2.25. The average Bonchev–Trinajstić information content (AvgIpc) is 2.70. The summed E-state index contributed by atoms with van der Waals surface area (Å²) < 4.78 is 5.08. The summed E-state index contributed by atoms with van der Waals surface area (Å²) in [6.45, 7) is 7.91. The quantitative estimate of drug-likeness (QED) is 0.767. The van der Waals surface area contributed by atoms with Gasteiger partial charge in [0, 0.05) is 26.3 Å². The third-order valence-corrected chi connectivity index (χ3v) is 3.89. The molecule has 0 aliphatic heterocycles. The van der Waals surface area contributed by atoms with Crippen molar-refractivity contribution in [2.45, 2.75) is 52.5 Å². The summed E-state index contributed by atoms with van der Waals surface area (Å²) in [6.07, 6.45) is 4.51. The van der Waals surface area contributed by atoms with Crippen molar-refractivity contribution in [1.82, 2.24) is 10.6 Å². The molecule has 2 atom stereocenters. The molecule has 1 aliphatic rings. The summed E-state index contributed by atoms with van der Waals surface area (Å²) in [4.78, 5) is 11.8. The molecule has 1 aliphatic carbocycles. The first-order valence-corrected chi connectivity index (χ1v) is 6.98. The Morgan fingerprint density at radius 2 is 2.11 bits per heavy atom. The Morgan fingerprint density at radius 1 is 1.39 bits per heavy atom. The van der Waals surface area contributed by atoms with Crippen molar-refractivity contribution in [3.05, 3.63) is 0 Å². The zero-order valence-corrected chi connectivity index (χ0v) is 12.2. The summed E-state index contributed by atoms with van der Waals surface area (Å²) >= 11 is 0. The number of hydrogen-bond acceptors (Lipinski definition) is 2. The van der Waals surface area contributed by atoms with E-state index in [0.717, 1.165) is 19.4 Å². The van der Waals surface area contributed by atoms with Gasteiger partial charge >= 0.3 is 6.03 Å². The van der Waals surface area contributed by atoms with E-state index < -0.39 is 0 Å². The number of ether oxygens (including phenoxy) is 1. The first-order chi connectivity index (χ1) is 8.44. The maximum absolute atomic E-state index is 11.8. The minimum absolute atomic E-state index is 0.0285. The molecular weight excluding hydrogens is 228 g/mol. The fourth-order valence-corrected chi connectivity index (χ4v) is 2.37. The third-order valence-electron chi connectivity index (χ3n) is 3.89. The van der Waals surface area contributed by atoms with Gasteiger partial charge in [-0.1, -0.05) is 27.2 Å². The van der Waals surface area contributed by atoms with Crippen molar-refractivity contribution < 1.29 is 9.53 Å². The Labute approximate surface area is 111 Å². The minimum Gasteiger partial charge on any atom is -0.385 e. The molecule has 0 aromatic rings. The van der Waals surface area contributed by atoms with Crippen molar-refractivity contribution in [2.75, 3.05) is 20.3 Å². The lowest BCUT2D eigenvalue weighted by Crippen LogP contribution is -2.46. The second-order valence-corrected chi connectivity index (χ2v) is 6.25. The lowest BCUT2D eigenvalue weighted by Gasteiger charge is -2.25. The number of hydrogen-bond donors (Lipinski definition) is 2. The van der Waals surface area contributed by atoms with Crippen LogP contribution in [-0.4, -0.2) is 32.3 Å². The van der Waals surface area contributed by atoms with Gasteiger partial charge in [-0.15, -0.1) is 0 Å². The van der Waals surface area contributed by atoms with Crippen LogP contribution in [0.25, 0.3) is 0 Å². The topological polar surface area (TPSA) is 50.4 Å². The SMILES string of the molecule is COCCC(C)(C)CNC(=O)N[C@@H]1CCC[C@@H]1C. The number of rotatable bonds is 6. The fourth-order valence-electron chi connectivity index (χ4n) is 2.37. The van der Waals surface area contributed by atoms with Gasteiger partial charge in [-0.05, 0) is 30.6 Å². The van der Waals surface area contributed by atoms with Crippen molar-refractivity contribution >= 4 is 6.03 Å². The molecule has 0 saturated heterocycles. The molecule has 4 nitrogen and oxygen atoms in total. The van der Waals surface area contributed by atoms with Crippen LogP contribution in [0.1, 0.15) is 46.5 Å². The van der Waals surface area contributed by atoms with E-state index in [1.54, 1.807) is 7.11 Å². The molecule has 0 unspecified atom stereocenters. The van der Waals surface area contributed by atoms with Crippen LogP contribution in [0.4, 0.5) is 4.79 Å². The largest absolute Gasteiger partial charge is 0.385 e. The van der Waals surface area contributed by atoms with Gasteiger partial charge in [0.05, 0.1) is 0 Å². The molecule has 1 rings (SSSR count). The van der Waals surface area contributed by atoms with Crippen LogP contribution < -0.4 is 10.6 Å². The fraction of sp³-hybridized carbons (Fsp3) is 0.929. The molecule has 0 bridgehead atoms. The lowest BCUT2D eigenvalue weighted by molar-refractivity contribution is 0.150. The molecule has 0 spiro atoms. The number of carbonyl (C=O) groups excluding carboxylic acids is 1. The molecule has 2 amide bonds. The van der Waals surface area contributed by atoms with E-state index in [-0.39, 0.29) is 11.4 Å². The molecule has 1 fully saturated rings. The van der Waals surface area contributed by atoms with Crippen LogP contribution in [0.15, 0.2) is 0 Å². The van der Waals surface area contributed by atoms with E-state index in [1.165, 1.54) is 12.8 Å². The highest BCUT2D eigenvalue weighted by Crippen LogP contribution is 2.24. The molecule has 1 saturated carbocycles. The predicted molar refractivity (Wildman–Crippen MR) is 73.6 cm³/mol. The lowest BCUT2D eigenvalue weighted by atomic mass is 9.90. The summed E-state index contributed by atoms with van der Waals surface area (Å²) in [7, 11) is 1.71. The Morgan fingerprint density at radius 3 is 2.67 bits per heavy atom. The van der Waals surface area contributed by atoms with E-state index in [2.05, 4.69) is 31.4 Å². The summed E-state index contributed by atoms with van der Waals surface area (Å²) in [5.74, 6) is 0.609. The van der Waals surface area contributed by atoms with E-state index in [9.17, 15) is 4.79 Å². The zero-order chi connectivity index (χ0) is 13.6. The summed E-state index contributed by atoms with van der Waals surface area (Å²) in [5.41, 5.74) is 0.0780. The molecule has 0 radical (unpaired) electrons. The maximum Gasteiger partial charge on any atom is 0.315 e. The molecule has 4 heteroatoms. The number of carbonyl (C=O) groups is 1. The Kier molecular flexibility index (Phi) is 5.93. The molecule has 0 aromatic carbocycles. The molecular formula is C14H28N2O2. The van der Waals surface area contributed by atoms with Crippen LogP contribution in [0.2, 0.25) is 0 Å². The van der Waals surface area contributed by atoms with Crippen LogP contribution in [0.3, 0.4) is 0 Å². The average molecular weight is 256 g/mol. The number of nitrogens with one attached hydrogen (secondary N) is 2.